The summed E-state index contributed by atoms with van der Waals surface area (Å²) in [7, 11) is 0. The number of H-pyrrole nitrogens is 1. The minimum Gasteiger partial charge on any atom is -0.392 e. The number of benzene rings is 3. The Morgan fingerprint density at radius 2 is 1.66 bits per heavy atom. The Bertz CT molecular complexity index is 1480. The number of hydrogen-bond donors (Lipinski definition) is 3. The Labute approximate surface area is 214 Å². The maximum absolute atomic E-state index is 13.6. The molecule has 0 bridgehead atoms. The summed E-state index contributed by atoms with van der Waals surface area (Å²) in [6, 6.07) is 20.5. The summed E-state index contributed by atoms with van der Waals surface area (Å²) in [5.41, 5.74) is 4.18. The van der Waals surface area contributed by atoms with Crippen LogP contribution in [0.3, 0.4) is 0 Å². The van der Waals surface area contributed by atoms with Crippen molar-refractivity contribution in [1.29, 1.82) is 0 Å². The van der Waals surface area contributed by atoms with Crippen LogP contribution in [0.4, 0.5) is 23.2 Å². The molecule has 4 rings (SSSR count). The van der Waals surface area contributed by atoms with Crippen molar-refractivity contribution in [3.63, 3.8) is 0 Å². The van der Waals surface area contributed by atoms with Crippen LogP contribution in [0.1, 0.15) is 44.7 Å². The summed E-state index contributed by atoms with van der Waals surface area (Å²) in [6.45, 7) is -0.222. The summed E-state index contributed by atoms with van der Waals surface area (Å²) >= 11 is 0. The number of aromatic nitrogens is 2. The van der Waals surface area contributed by atoms with Crippen molar-refractivity contribution in [1.82, 2.24) is 15.3 Å². The SMILES string of the molecule is Nc1c(C(=O)NCc2ccc(F)c(C(F)(F)F)c2)nc(C(OCc2ccccc2)c2ccccc2)[nH]c1=O. The van der Waals surface area contributed by atoms with Gasteiger partial charge >= 0.3 is 6.18 Å². The van der Waals surface area contributed by atoms with Crippen LogP contribution in [0.25, 0.3) is 0 Å². The van der Waals surface area contributed by atoms with E-state index in [1.165, 1.54) is 0 Å². The zero-order valence-electron chi connectivity index (χ0n) is 19.8. The highest BCUT2D eigenvalue weighted by atomic mass is 19.4. The van der Waals surface area contributed by atoms with Crippen LogP contribution in [0, 0.1) is 5.82 Å². The fraction of sp³-hybridized carbons (Fsp3) is 0.148. The average molecular weight is 526 g/mol. The first-order valence-corrected chi connectivity index (χ1v) is 11.4. The molecule has 0 saturated heterocycles. The van der Waals surface area contributed by atoms with Gasteiger partial charge in [0.2, 0.25) is 0 Å². The average Bonchev–Trinajstić information content (AvgIpc) is 2.90. The van der Waals surface area contributed by atoms with E-state index in [-0.39, 0.29) is 18.0 Å². The van der Waals surface area contributed by atoms with Gasteiger partial charge in [0.25, 0.3) is 11.5 Å². The maximum Gasteiger partial charge on any atom is 0.419 e. The second-order valence-corrected chi connectivity index (χ2v) is 8.30. The molecule has 196 valence electrons. The van der Waals surface area contributed by atoms with Crippen molar-refractivity contribution >= 4 is 11.6 Å². The lowest BCUT2D eigenvalue weighted by Crippen LogP contribution is -2.30. The number of aromatic amines is 1. The van der Waals surface area contributed by atoms with Crippen molar-refractivity contribution in [3.05, 3.63) is 129 Å². The number of alkyl halides is 3. The normalized spacial score (nSPS) is 12.2. The van der Waals surface area contributed by atoms with E-state index in [1.54, 1.807) is 30.3 Å². The minimum absolute atomic E-state index is 0.0101. The van der Waals surface area contributed by atoms with Gasteiger partial charge in [-0.05, 0) is 28.8 Å². The molecule has 38 heavy (non-hydrogen) atoms. The van der Waals surface area contributed by atoms with Crippen molar-refractivity contribution in [2.24, 2.45) is 0 Å². The third-order valence-corrected chi connectivity index (χ3v) is 5.59. The number of nitrogens with two attached hydrogens (primary N) is 1. The van der Waals surface area contributed by atoms with Crippen molar-refractivity contribution in [3.8, 4) is 0 Å². The van der Waals surface area contributed by atoms with Gasteiger partial charge in [0.15, 0.2) is 5.69 Å². The number of carbonyl (C=O) groups is 1. The van der Waals surface area contributed by atoms with E-state index in [1.807, 2.05) is 30.3 Å². The molecule has 0 fully saturated rings. The molecule has 0 aliphatic rings. The molecule has 3 aromatic carbocycles. The quantitative estimate of drug-likeness (QED) is 0.287. The molecule has 1 unspecified atom stereocenters. The number of anilines is 1. The fourth-order valence-electron chi connectivity index (χ4n) is 3.68. The molecule has 1 aromatic heterocycles. The Morgan fingerprint density at radius 1 is 1.00 bits per heavy atom. The molecule has 0 aliphatic heterocycles. The Kier molecular flexibility index (Phi) is 7.87. The zero-order valence-corrected chi connectivity index (χ0v) is 19.8. The lowest BCUT2D eigenvalue weighted by Gasteiger charge is -2.19. The van der Waals surface area contributed by atoms with Gasteiger partial charge < -0.3 is 20.8 Å². The summed E-state index contributed by atoms with van der Waals surface area (Å²) in [6.07, 6.45) is -5.77. The summed E-state index contributed by atoms with van der Waals surface area (Å²) < 4.78 is 58.7. The third-order valence-electron chi connectivity index (χ3n) is 5.59. The molecule has 0 spiro atoms. The van der Waals surface area contributed by atoms with E-state index in [2.05, 4.69) is 15.3 Å². The number of nitrogen functional groups attached to an aromatic ring is 1. The van der Waals surface area contributed by atoms with Crippen LogP contribution in [-0.2, 0) is 24.1 Å². The Morgan fingerprint density at radius 3 is 2.32 bits per heavy atom. The monoisotopic (exact) mass is 526 g/mol. The number of hydrogen-bond acceptors (Lipinski definition) is 5. The van der Waals surface area contributed by atoms with E-state index in [4.69, 9.17) is 10.5 Å². The Balaban J connectivity index is 1.61. The van der Waals surface area contributed by atoms with Gasteiger partial charge in [0.1, 0.15) is 23.4 Å². The highest BCUT2D eigenvalue weighted by molar-refractivity contribution is 5.96. The molecule has 7 nitrogen and oxygen atoms in total. The zero-order chi connectivity index (χ0) is 27.3. The van der Waals surface area contributed by atoms with Crippen molar-refractivity contribution in [2.75, 3.05) is 5.73 Å². The van der Waals surface area contributed by atoms with E-state index >= 15 is 0 Å². The second kappa shape index (κ2) is 11.3. The molecule has 0 aliphatic carbocycles. The van der Waals surface area contributed by atoms with Gasteiger partial charge in [0, 0.05) is 6.54 Å². The van der Waals surface area contributed by atoms with Crippen LogP contribution < -0.4 is 16.6 Å². The molecular weight excluding hydrogens is 504 g/mol. The smallest absolute Gasteiger partial charge is 0.392 e. The third kappa shape index (κ3) is 6.24. The largest absolute Gasteiger partial charge is 0.419 e. The molecule has 11 heteroatoms. The predicted molar refractivity (Wildman–Crippen MR) is 131 cm³/mol. The number of nitrogens with one attached hydrogen (secondary N) is 2. The number of ether oxygens (including phenoxy) is 1. The van der Waals surface area contributed by atoms with Crippen LogP contribution >= 0.6 is 0 Å². The van der Waals surface area contributed by atoms with Crippen LogP contribution in [0.15, 0.2) is 83.7 Å². The van der Waals surface area contributed by atoms with Gasteiger partial charge in [-0.3, -0.25) is 9.59 Å². The standard InChI is InChI=1S/C27H22F4N4O3/c28-20-12-11-17(13-19(20)27(29,30)31)14-33-26(37)22-21(32)25(36)35-24(34-22)23(18-9-5-2-6-10-18)38-15-16-7-3-1-4-8-16/h1-13,23H,14-15,32H2,(H,33,37)(H,34,35,36). The molecule has 0 radical (unpaired) electrons. The first-order valence-electron chi connectivity index (χ1n) is 11.4. The van der Waals surface area contributed by atoms with Gasteiger partial charge in [-0.1, -0.05) is 66.7 Å². The number of rotatable bonds is 8. The maximum atomic E-state index is 13.6. The summed E-state index contributed by atoms with van der Waals surface area (Å²) in [4.78, 5) is 32.3. The van der Waals surface area contributed by atoms with Crippen molar-refractivity contribution < 1.29 is 27.1 Å². The van der Waals surface area contributed by atoms with E-state index < -0.39 is 53.1 Å². The van der Waals surface area contributed by atoms with Crippen LogP contribution in [0.2, 0.25) is 0 Å². The number of carbonyl (C=O) groups excluding carboxylic acids is 1. The highest BCUT2D eigenvalue weighted by Gasteiger charge is 2.34. The lowest BCUT2D eigenvalue weighted by molar-refractivity contribution is -0.140. The fourth-order valence-corrected chi connectivity index (χ4v) is 3.68. The van der Waals surface area contributed by atoms with Gasteiger partial charge in [-0.25, -0.2) is 9.37 Å². The summed E-state index contributed by atoms with van der Waals surface area (Å²) in [5.74, 6) is -2.32. The van der Waals surface area contributed by atoms with Gasteiger partial charge in [0.05, 0.1) is 12.2 Å². The van der Waals surface area contributed by atoms with Crippen LogP contribution in [0.5, 0.6) is 0 Å². The first kappa shape index (κ1) is 26.6. The summed E-state index contributed by atoms with van der Waals surface area (Å²) in [5, 5.41) is 2.38. The molecule has 1 atom stereocenters. The van der Waals surface area contributed by atoms with Gasteiger partial charge in [-0.2, -0.15) is 13.2 Å². The molecule has 4 N–H and O–H groups in total. The van der Waals surface area contributed by atoms with E-state index in [0.717, 1.165) is 11.6 Å². The topological polar surface area (TPSA) is 110 Å². The first-order chi connectivity index (χ1) is 18.1. The number of halogens is 4. The van der Waals surface area contributed by atoms with Crippen LogP contribution in [-0.4, -0.2) is 15.9 Å². The van der Waals surface area contributed by atoms with Gasteiger partial charge in [-0.15, -0.1) is 0 Å². The minimum atomic E-state index is -4.90. The molecule has 1 amide bonds. The number of nitrogens with zero attached hydrogens (tertiary/aromatic N) is 1. The molecule has 0 saturated carbocycles. The predicted octanol–water partition coefficient (Wildman–Crippen LogP) is 4.75. The van der Waals surface area contributed by atoms with E-state index in [9.17, 15) is 27.2 Å². The number of amides is 1. The molecular formula is C27H22F4N4O3. The Hall–Kier alpha value is -4.51. The lowest BCUT2D eigenvalue weighted by atomic mass is 10.1. The van der Waals surface area contributed by atoms with Crippen molar-refractivity contribution in [2.45, 2.75) is 25.4 Å². The molecule has 1 heterocycles. The van der Waals surface area contributed by atoms with E-state index in [0.29, 0.717) is 17.7 Å². The highest BCUT2D eigenvalue weighted by Crippen LogP contribution is 2.32. The second-order valence-electron chi connectivity index (χ2n) is 8.30. The molecule has 4 aromatic rings.